The Hall–Kier alpha value is -3.65. The Morgan fingerprint density at radius 2 is 1.88 bits per heavy atom. The van der Waals surface area contributed by atoms with Gasteiger partial charge in [0.15, 0.2) is 11.0 Å². The highest BCUT2D eigenvalue weighted by Gasteiger charge is 2.18. The Bertz CT molecular complexity index is 1210. The third-order valence-corrected chi connectivity index (χ3v) is 5.82. The van der Waals surface area contributed by atoms with Gasteiger partial charge in [0.2, 0.25) is 5.91 Å². The van der Waals surface area contributed by atoms with Gasteiger partial charge in [-0.2, -0.15) is 0 Å². The molecular weight excluding hydrogens is 422 g/mol. The van der Waals surface area contributed by atoms with Gasteiger partial charge in [0.05, 0.1) is 18.6 Å². The van der Waals surface area contributed by atoms with Crippen LogP contribution < -0.4 is 10.1 Å². The number of amides is 1. The molecule has 0 aliphatic heterocycles. The number of hydrogen-bond acceptors (Lipinski definition) is 6. The van der Waals surface area contributed by atoms with Gasteiger partial charge in [0.1, 0.15) is 5.75 Å². The fraction of sp³-hybridized carbons (Fsp3) is 0.167. The summed E-state index contributed by atoms with van der Waals surface area (Å²) < 4.78 is 7.32. The molecule has 0 atom stereocenters. The Morgan fingerprint density at radius 3 is 2.66 bits per heavy atom. The molecule has 0 saturated carbocycles. The summed E-state index contributed by atoms with van der Waals surface area (Å²) in [5.74, 6) is 1.50. The first-order valence-corrected chi connectivity index (χ1v) is 11.2. The average molecular weight is 446 g/mol. The number of hydrogen-bond donors (Lipinski definition) is 1. The second-order valence-electron chi connectivity index (χ2n) is 6.93. The zero-order valence-electron chi connectivity index (χ0n) is 17.9. The van der Waals surface area contributed by atoms with E-state index in [0.717, 1.165) is 34.7 Å². The zero-order chi connectivity index (χ0) is 22.3. The Morgan fingerprint density at radius 1 is 1.06 bits per heavy atom. The predicted molar refractivity (Wildman–Crippen MR) is 126 cm³/mol. The van der Waals surface area contributed by atoms with Crippen LogP contribution in [-0.4, -0.2) is 38.5 Å². The molecule has 0 spiro atoms. The number of rotatable bonds is 8. The van der Waals surface area contributed by atoms with Crippen LogP contribution in [-0.2, 0) is 11.2 Å². The summed E-state index contributed by atoms with van der Waals surface area (Å²) in [7, 11) is 1.63. The van der Waals surface area contributed by atoms with Crippen molar-refractivity contribution in [2.24, 2.45) is 0 Å². The van der Waals surface area contributed by atoms with E-state index < -0.39 is 0 Å². The van der Waals surface area contributed by atoms with Crippen LogP contribution in [0.15, 0.2) is 78.2 Å². The van der Waals surface area contributed by atoms with Crippen LogP contribution in [0.25, 0.3) is 17.1 Å². The van der Waals surface area contributed by atoms with Gasteiger partial charge in [-0.3, -0.25) is 14.3 Å². The fourth-order valence-corrected chi connectivity index (χ4v) is 4.05. The standard InChI is InChI=1S/C24H23N5O2S/c1-3-17-7-4-5-10-21(17)26-22(30)16-32-24-28-27-23(18-11-13-25-14-12-18)29(24)19-8-6-9-20(15-19)31-2/h4-15H,3,16H2,1-2H3,(H,26,30). The van der Waals surface area contributed by atoms with Crippen molar-refractivity contribution in [2.45, 2.75) is 18.5 Å². The summed E-state index contributed by atoms with van der Waals surface area (Å²) in [6.07, 6.45) is 4.28. The largest absolute Gasteiger partial charge is 0.497 e. The number of thioether (sulfide) groups is 1. The lowest BCUT2D eigenvalue weighted by Crippen LogP contribution is -2.15. The van der Waals surface area contributed by atoms with E-state index in [1.54, 1.807) is 19.5 Å². The number of pyridine rings is 1. The van der Waals surface area contributed by atoms with Crippen LogP contribution in [0.3, 0.4) is 0 Å². The number of para-hydroxylation sites is 1. The Labute approximate surface area is 190 Å². The van der Waals surface area contributed by atoms with Gasteiger partial charge >= 0.3 is 0 Å². The van der Waals surface area contributed by atoms with E-state index in [2.05, 4.69) is 27.4 Å². The van der Waals surface area contributed by atoms with Gasteiger partial charge in [-0.25, -0.2) is 0 Å². The first-order valence-electron chi connectivity index (χ1n) is 10.2. The van der Waals surface area contributed by atoms with E-state index in [4.69, 9.17) is 4.74 Å². The molecule has 2 heterocycles. The zero-order valence-corrected chi connectivity index (χ0v) is 18.7. The lowest BCUT2D eigenvalue weighted by Gasteiger charge is -2.12. The number of carbonyl (C=O) groups is 1. The number of aryl methyl sites for hydroxylation is 1. The molecule has 0 unspecified atom stereocenters. The van der Waals surface area contributed by atoms with Gasteiger partial charge < -0.3 is 10.1 Å². The first kappa shape index (κ1) is 21.6. The number of carbonyl (C=O) groups excluding carboxylic acids is 1. The number of ether oxygens (including phenoxy) is 1. The number of anilines is 1. The highest BCUT2D eigenvalue weighted by Crippen LogP contribution is 2.29. The van der Waals surface area contributed by atoms with Gasteiger partial charge in [-0.1, -0.05) is 43.0 Å². The highest BCUT2D eigenvalue weighted by molar-refractivity contribution is 7.99. The van der Waals surface area contributed by atoms with Crippen molar-refractivity contribution in [3.05, 3.63) is 78.6 Å². The second-order valence-corrected chi connectivity index (χ2v) is 7.87. The summed E-state index contributed by atoms with van der Waals surface area (Å²) in [6, 6.07) is 19.2. The van der Waals surface area contributed by atoms with E-state index in [0.29, 0.717) is 11.0 Å². The predicted octanol–water partition coefficient (Wildman–Crippen LogP) is 4.63. The van der Waals surface area contributed by atoms with Crippen molar-refractivity contribution in [3.8, 4) is 22.8 Å². The van der Waals surface area contributed by atoms with Gasteiger partial charge in [-0.15, -0.1) is 10.2 Å². The monoisotopic (exact) mass is 445 g/mol. The summed E-state index contributed by atoms with van der Waals surface area (Å²) >= 11 is 1.33. The number of nitrogens with one attached hydrogen (secondary N) is 1. The van der Waals surface area contributed by atoms with E-state index in [-0.39, 0.29) is 11.7 Å². The molecular formula is C24H23N5O2S. The second kappa shape index (κ2) is 10.1. The molecule has 0 aliphatic rings. The summed E-state index contributed by atoms with van der Waals surface area (Å²) in [5.41, 5.74) is 3.67. The molecule has 0 fully saturated rings. The van der Waals surface area contributed by atoms with Crippen LogP contribution in [0, 0.1) is 0 Å². The smallest absolute Gasteiger partial charge is 0.234 e. The number of aromatic nitrogens is 4. The van der Waals surface area contributed by atoms with Crippen molar-refractivity contribution in [3.63, 3.8) is 0 Å². The quantitative estimate of drug-likeness (QED) is 0.398. The van der Waals surface area contributed by atoms with Crippen molar-refractivity contribution >= 4 is 23.4 Å². The minimum atomic E-state index is -0.0958. The average Bonchev–Trinajstić information content (AvgIpc) is 3.28. The topological polar surface area (TPSA) is 81.9 Å². The summed E-state index contributed by atoms with van der Waals surface area (Å²) in [6.45, 7) is 2.07. The van der Waals surface area contributed by atoms with Crippen LogP contribution in [0.5, 0.6) is 5.75 Å². The molecule has 2 aromatic carbocycles. The molecule has 4 aromatic rings. The minimum Gasteiger partial charge on any atom is -0.497 e. The highest BCUT2D eigenvalue weighted by atomic mass is 32.2. The normalized spacial score (nSPS) is 10.7. The van der Waals surface area contributed by atoms with E-state index in [1.165, 1.54) is 11.8 Å². The Balaban J connectivity index is 1.61. The molecule has 8 heteroatoms. The van der Waals surface area contributed by atoms with E-state index in [1.807, 2.05) is 65.2 Å². The summed E-state index contributed by atoms with van der Waals surface area (Å²) in [4.78, 5) is 16.7. The lowest BCUT2D eigenvalue weighted by molar-refractivity contribution is -0.113. The van der Waals surface area contributed by atoms with Gasteiger partial charge in [0, 0.05) is 29.7 Å². The molecule has 2 aromatic heterocycles. The van der Waals surface area contributed by atoms with Gasteiger partial charge in [0.25, 0.3) is 0 Å². The SMILES string of the molecule is CCc1ccccc1NC(=O)CSc1nnc(-c2ccncc2)n1-c1cccc(OC)c1. The molecule has 1 amide bonds. The number of methoxy groups -OCH3 is 1. The van der Waals surface area contributed by atoms with Crippen molar-refractivity contribution in [1.82, 2.24) is 19.7 Å². The van der Waals surface area contributed by atoms with Crippen LogP contribution in [0.4, 0.5) is 5.69 Å². The van der Waals surface area contributed by atoms with Gasteiger partial charge in [-0.05, 0) is 42.3 Å². The molecule has 7 nitrogen and oxygen atoms in total. The van der Waals surface area contributed by atoms with E-state index in [9.17, 15) is 4.79 Å². The molecule has 4 rings (SSSR count). The third kappa shape index (κ3) is 4.81. The van der Waals surface area contributed by atoms with Crippen LogP contribution in [0.1, 0.15) is 12.5 Å². The molecule has 0 saturated heterocycles. The van der Waals surface area contributed by atoms with Crippen LogP contribution in [0.2, 0.25) is 0 Å². The Kier molecular flexibility index (Phi) is 6.81. The maximum atomic E-state index is 12.7. The minimum absolute atomic E-state index is 0.0958. The molecule has 0 bridgehead atoms. The molecule has 0 aliphatic carbocycles. The third-order valence-electron chi connectivity index (χ3n) is 4.89. The lowest BCUT2D eigenvalue weighted by atomic mass is 10.1. The van der Waals surface area contributed by atoms with Crippen molar-refractivity contribution in [2.75, 3.05) is 18.2 Å². The summed E-state index contributed by atoms with van der Waals surface area (Å²) in [5, 5.41) is 12.4. The molecule has 0 radical (unpaired) electrons. The number of nitrogens with zero attached hydrogens (tertiary/aromatic N) is 4. The first-order chi connectivity index (χ1) is 15.7. The van der Waals surface area contributed by atoms with Crippen molar-refractivity contribution < 1.29 is 9.53 Å². The van der Waals surface area contributed by atoms with Crippen molar-refractivity contribution in [1.29, 1.82) is 0 Å². The maximum absolute atomic E-state index is 12.7. The maximum Gasteiger partial charge on any atom is 0.234 e. The van der Waals surface area contributed by atoms with E-state index >= 15 is 0 Å². The molecule has 162 valence electrons. The molecule has 1 N–H and O–H groups in total. The fourth-order valence-electron chi connectivity index (χ4n) is 3.30. The molecule has 32 heavy (non-hydrogen) atoms. The number of benzene rings is 2. The van der Waals surface area contributed by atoms with Crippen LogP contribution >= 0.6 is 11.8 Å².